The molecule has 1 aromatic rings. The molecule has 108 valence electrons. The van der Waals surface area contributed by atoms with Crippen LogP contribution in [0.15, 0.2) is 18.2 Å². The lowest BCUT2D eigenvalue weighted by molar-refractivity contribution is 0.118. The van der Waals surface area contributed by atoms with Gasteiger partial charge in [-0.15, -0.1) is 0 Å². The predicted octanol–water partition coefficient (Wildman–Crippen LogP) is 1.62. The molecule has 0 aliphatic carbocycles. The number of aliphatic hydroxyl groups excluding tert-OH is 1. The van der Waals surface area contributed by atoms with Crippen LogP contribution >= 0.6 is 0 Å². The van der Waals surface area contributed by atoms with Gasteiger partial charge in [-0.05, 0) is 37.1 Å². The molecule has 0 radical (unpaired) electrons. The standard InChI is InChI=1S/C15H25NO3/c1-13-10-14(2)12-15(11-13)19-9-6-16(4-7-17)5-8-18-3/h10-12,17H,4-9H2,1-3H3. The van der Waals surface area contributed by atoms with Crippen molar-refractivity contribution in [2.75, 3.05) is 46.6 Å². The molecule has 0 saturated heterocycles. The minimum atomic E-state index is 0.160. The van der Waals surface area contributed by atoms with E-state index < -0.39 is 0 Å². The number of aryl methyl sites for hydroxylation is 2. The monoisotopic (exact) mass is 267 g/mol. The zero-order valence-corrected chi connectivity index (χ0v) is 12.2. The number of aliphatic hydroxyl groups is 1. The van der Waals surface area contributed by atoms with Gasteiger partial charge >= 0.3 is 0 Å². The van der Waals surface area contributed by atoms with Crippen molar-refractivity contribution in [1.82, 2.24) is 4.90 Å². The average molecular weight is 267 g/mol. The Morgan fingerprint density at radius 2 is 1.63 bits per heavy atom. The van der Waals surface area contributed by atoms with Gasteiger partial charge in [0.05, 0.1) is 13.2 Å². The molecule has 19 heavy (non-hydrogen) atoms. The Kier molecular flexibility index (Phi) is 7.48. The van der Waals surface area contributed by atoms with Gasteiger partial charge < -0.3 is 14.6 Å². The van der Waals surface area contributed by atoms with Gasteiger partial charge in [0.2, 0.25) is 0 Å². The van der Waals surface area contributed by atoms with E-state index in [0.717, 1.165) is 18.8 Å². The van der Waals surface area contributed by atoms with E-state index in [2.05, 4.69) is 24.8 Å². The summed E-state index contributed by atoms with van der Waals surface area (Å²) in [4.78, 5) is 2.13. The topological polar surface area (TPSA) is 41.9 Å². The number of nitrogens with zero attached hydrogens (tertiary/aromatic N) is 1. The second-order valence-electron chi connectivity index (χ2n) is 4.73. The van der Waals surface area contributed by atoms with Crippen LogP contribution < -0.4 is 4.74 Å². The Hall–Kier alpha value is -1.10. The number of methoxy groups -OCH3 is 1. The number of hydrogen-bond donors (Lipinski definition) is 1. The molecule has 0 heterocycles. The summed E-state index contributed by atoms with van der Waals surface area (Å²) in [5, 5.41) is 9.00. The summed E-state index contributed by atoms with van der Waals surface area (Å²) in [6.07, 6.45) is 0. The molecule has 4 nitrogen and oxygen atoms in total. The normalized spacial score (nSPS) is 11.0. The molecular weight excluding hydrogens is 242 g/mol. The van der Waals surface area contributed by atoms with Crippen LogP contribution in [0.2, 0.25) is 0 Å². The van der Waals surface area contributed by atoms with E-state index >= 15 is 0 Å². The van der Waals surface area contributed by atoms with Gasteiger partial charge in [0.15, 0.2) is 0 Å². The molecule has 0 amide bonds. The van der Waals surface area contributed by atoms with Crippen molar-refractivity contribution in [3.8, 4) is 5.75 Å². The summed E-state index contributed by atoms with van der Waals surface area (Å²) in [5.74, 6) is 0.910. The third-order valence-corrected chi connectivity index (χ3v) is 2.90. The van der Waals surface area contributed by atoms with Crippen molar-refractivity contribution in [1.29, 1.82) is 0 Å². The number of benzene rings is 1. The molecule has 0 unspecified atom stereocenters. The predicted molar refractivity (Wildman–Crippen MR) is 76.8 cm³/mol. The van der Waals surface area contributed by atoms with Crippen molar-refractivity contribution >= 4 is 0 Å². The van der Waals surface area contributed by atoms with Crippen LogP contribution in [0.5, 0.6) is 5.75 Å². The van der Waals surface area contributed by atoms with Crippen LogP contribution in [-0.4, -0.2) is 56.6 Å². The lowest BCUT2D eigenvalue weighted by Crippen LogP contribution is -2.33. The zero-order valence-electron chi connectivity index (χ0n) is 12.2. The van der Waals surface area contributed by atoms with E-state index in [4.69, 9.17) is 14.6 Å². The maximum absolute atomic E-state index is 9.00. The van der Waals surface area contributed by atoms with E-state index in [-0.39, 0.29) is 6.61 Å². The van der Waals surface area contributed by atoms with Gasteiger partial charge in [-0.3, -0.25) is 4.90 Å². The Balaban J connectivity index is 2.37. The molecule has 0 saturated carbocycles. The molecule has 0 spiro atoms. The first-order valence-electron chi connectivity index (χ1n) is 6.69. The molecule has 1 rings (SSSR count). The van der Waals surface area contributed by atoms with Crippen molar-refractivity contribution in [2.24, 2.45) is 0 Å². The van der Waals surface area contributed by atoms with E-state index in [1.165, 1.54) is 11.1 Å². The molecule has 0 aromatic heterocycles. The third kappa shape index (κ3) is 6.57. The lowest BCUT2D eigenvalue weighted by atomic mass is 10.1. The molecule has 0 bridgehead atoms. The van der Waals surface area contributed by atoms with E-state index in [1.54, 1.807) is 7.11 Å². The first-order chi connectivity index (χ1) is 9.15. The largest absolute Gasteiger partial charge is 0.492 e. The van der Waals surface area contributed by atoms with Crippen LogP contribution in [-0.2, 0) is 4.74 Å². The van der Waals surface area contributed by atoms with Crippen molar-refractivity contribution in [3.63, 3.8) is 0 Å². The quantitative estimate of drug-likeness (QED) is 0.738. The summed E-state index contributed by atoms with van der Waals surface area (Å²) in [6, 6.07) is 6.21. The van der Waals surface area contributed by atoms with Crippen LogP contribution in [0.25, 0.3) is 0 Å². The maximum atomic E-state index is 9.00. The highest BCUT2D eigenvalue weighted by Gasteiger charge is 2.04. The molecule has 1 N–H and O–H groups in total. The van der Waals surface area contributed by atoms with E-state index in [1.807, 2.05) is 12.1 Å². The number of ether oxygens (including phenoxy) is 2. The van der Waals surface area contributed by atoms with Crippen LogP contribution in [0.3, 0.4) is 0 Å². The van der Waals surface area contributed by atoms with Gasteiger partial charge in [0, 0.05) is 26.7 Å². The second kappa shape index (κ2) is 8.91. The number of rotatable bonds is 9. The Morgan fingerprint density at radius 3 is 2.21 bits per heavy atom. The average Bonchev–Trinajstić information content (AvgIpc) is 2.34. The van der Waals surface area contributed by atoms with Crippen molar-refractivity contribution < 1.29 is 14.6 Å². The van der Waals surface area contributed by atoms with Crippen molar-refractivity contribution in [2.45, 2.75) is 13.8 Å². The minimum absolute atomic E-state index is 0.160. The molecule has 0 fully saturated rings. The maximum Gasteiger partial charge on any atom is 0.119 e. The summed E-state index contributed by atoms with van der Waals surface area (Å²) < 4.78 is 10.8. The Bertz CT molecular complexity index is 348. The summed E-state index contributed by atoms with van der Waals surface area (Å²) in [7, 11) is 1.68. The third-order valence-electron chi connectivity index (χ3n) is 2.90. The van der Waals surface area contributed by atoms with Gasteiger partial charge in [0.25, 0.3) is 0 Å². The fraction of sp³-hybridized carbons (Fsp3) is 0.600. The molecule has 0 atom stereocenters. The molecule has 0 aliphatic heterocycles. The Labute approximate surface area is 115 Å². The minimum Gasteiger partial charge on any atom is -0.492 e. The molecule has 0 aliphatic rings. The van der Waals surface area contributed by atoms with Gasteiger partial charge in [0.1, 0.15) is 12.4 Å². The lowest BCUT2D eigenvalue weighted by Gasteiger charge is -2.21. The highest BCUT2D eigenvalue weighted by molar-refractivity contribution is 5.32. The molecule has 1 aromatic carbocycles. The molecular formula is C15H25NO3. The summed E-state index contributed by atoms with van der Waals surface area (Å²) in [5.41, 5.74) is 2.42. The first-order valence-corrected chi connectivity index (χ1v) is 6.69. The summed E-state index contributed by atoms with van der Waals surface area (Å²) >= 11 is 0. The van der Waals surface area contributed by atoms with Gasteiger partial charge in [-0.25, -0.2) is 0 Å². The van der Waals surface area contributed by atoms with Crippen LogP contribution in [0.4, 0.5) is 0 Å². The highest BCUT2D eigenvalue weighted by Crippen LogP contribution is 2.15. The molecule has 4 heteroatoms. The summed E-state index contributed by atoms with van der Waals surface area (Å²) in [6.45, 7) is 7.83. The zero-order chi connectivity index (χ0) is 14.1. The van der Waals surface area contributed by atoms with E-state index in [9.17, 15) is 0 Å². The fourth-order valence-electron chi connectivity index (χ4n) is 2.01. The number of hydrogen-bond acceptors (Lipinski definition) is 4. The Morgan fingerprint density at radius 1 is 1.00 bits per heavy atom. The van der Waals surface area contributed by atoms with Crippen molar-refractivity contribution in [3.05, 3.63) is 29.3 Å². The fourth-order valence-corrected chi connectivity index (χ4v) is 2.01. The SMILES string of the molecule is COCCN(CCO)CCOc1cc(C)cc(C)c1. The van der Waals surface area contributed by atoms with Crippen LogP contribution in [0.1, 0.15) is 11.1 Å². The first kappa shape index (κ1) is 16.0. The second-order valence-corrected chi connectivity index (χ2v) is 4.73. The van der Waals surface area contributed by atoms with Gasteiger partial charge in [-0.1, -0.05) is 6.07 Å². The van der Waals surface area contributed by atoms with Crippen LogP contribution in [0, 0.1) is 13.8 Å². The van der Waals surface area contributed by atoms with E-state index in [0.29, 0.717) is 19.8 Å². The van der Waals surface area contributed by atoms with Gasteiger partial charge in [-0.2, -0.15) is 0 Å². The highest BCUT2D eigenvalue weighted by atomic mass is 16.5. The smallest absolute Gasteiger partial charge is 0.119 e.